The Hall–Kier alpha value is -2.21. The molecule has 1 N–H and O–H groups in total. The highest BCUT2D eigenvalue weighted by Crippen LogP contribution is 2.31. The summed E-state index contributed by atoms with van der Waals surface area (Å²) in [5.74, 6) is 1.55. The first-order valence-electron chi connectivity index (χ1n) is 8.71. The van der Waals surface area contributed by atoms with Gasteiger partial charge in [0.05, 0.1) is 25.3 Å². The molecule has 1 fully saturated rings. The zero-order valence-electron chi connectivity index (χ0n) is 13.9. The van der Waals surface area contributed by atoms with E-state index in [9.17, 15) is 4.79 Å². The number of nitrogens with zero attached hydrogens (tertiary/aromatic N) is 3. The molecule has 0 spiro atoms. The molecule has 1 aliphatic heterocycles. The number of nitrogens with one attached hydrogen (secondary N) is 1. The summed E-state index contributed by atoms with van der Waals surface area (Å²) in [5.41, 5.74) is 0.921. The molecule has 1 aromatic carbocycles. The van der Waals surface area contributed by atoms with Gasteiger partial charge in [0.1, 0.15) is 18.2 Å². The number of ether oxygens (including phenoxy) is 1. The van der Waals surface area contributed by atoms with Crippen molar-refractivity contribution in [3.63, 3.8) is 0 Å². The number of halogens is 1. The van der Waals surface area contributed by atoms with Crippen molar-refractivity contribution in [3.05, 3.63) is 41.0 Å². The molecule has 0 atom stereocenters. The maximum absolute atomic E-state index is 12.8. The van der Waals surface area contributed by atoms with Gasteiger partial charge in [-0.25, -0.2) is 9.48 Å². The van der Waals surface area contributed by atoms with E-state index in [1.165, 1.54) is 12.8 Å². The minimum Gasteiger partial charge on any atom is -0.491 e. The van der Waals surface area contributed by atoms with Crippen molar-refractivity contribution < 1.29 is 9.53 Å². The lowest BCUT2D eigenvalue weighted by Crippen LogP contribution is -2.36. The van der Waals surface area contributed by atoms with E-state index < -0.39 is 0 Å². The number of carbonyl (C=O) groups is 1. The largest absolute Gasteiger partial charge is 0.491 e. The Bertz CT molecular complexity index is 770. The maximum Gasteiger partial charge on any atom is 0.323 e. The van der Waals surface area contributed by atoms with E-state index in [1.54, 1.807) is 17.2 Å². The monoisotopic (exact) mass is 360 g/mol. The van der Waals surface area contributed by atoms with Crippen LogP contribution >= 0.6 is 11.6 Å². The van der Waals surface area contributed by atoms with Crippen LogP contribution in [0.5, 0.6) is 5.75 Å². The molecule has 0 bridgehead atoms. The van der Waals surface area contributed by atoms with Crippen molar-refractivity contribution >= 4 is 23.4 Å². The Morgan fingerprint density at radius 2 is 2.12 bits per heavy atom. The third-order valence-corrected chi connectivity index (χ3v) is 5.10. The Balaban J connectivity index is 1.49. The summed E-state index contributed by atoms with van der Waals surface area (Å²) in [4.78, 5) is 14.5. The molecule has 7 heteroatoms. The van der Waals surface area contributed by atoms with Crippen LogP contribution in [0.3, 0.4) is 0 Å². The average molecular weight is 361 g/mol. The molecule has 1 saturated carbocycles. The van der Waals surface area contributed by atoms with E-state index in [0.29, 0.717) is 30.8 Å². The van der Waals surface area contributed by atoms with Gasteiger partial charge in [0.25, 0.3) is 0 Å². The summed E-state index contributed by atoms with van der Waals surface area (Å²) in [6.45, 7) is 1.46. The molecular weight excluding hydrogens is 340 g/mol. The highest BCUT2D eigenvalue weighted by molar-refractivity contribution is 6.30. The molecule has 132 valence electrons. The zero-order chi connectivity index (χ0) is 17.2. The Morgan fingerprint density at radius 3 is 2.96 bits per heavy atom. The van der Waals surface area contributed by atoms with E-state index in [-0.39, 0.29) is 6.03 Å². The van der Waals surface area contributed by atoms with Gasteiger partial charge in [-0.3, -0.25) is 5.32 Å². The average Bonchev–Trinajstić information content (AvgIpc) is 3.22. The van der Waals surface area contributed by atoms with Crippen molar-refractivity contribution in [3.8, 4) is 5.75 Å². The summed E-state index contributed by atoms with van der Waals surface area (Å²) >= 11 is 6.08. The fraction of sp³-hybridized carbons (Fsp3) is 0.444. The summed E-state index contributed by atoms with van der Waals surface area (Å²) in [7, 11) is 0. The number of aromatic nitrogens is 2. The molecule has 2 aliphatic rings. The first-order chi connectivity index (χ1) is 12.2. The van der Waals surface area contributed by atoms with Crippen LogP contribution in [0.4, 0.5) is 10.6 Å². The molecule has 1 aromatic heterocycles. The summed E-state index contributed by atoms with van der Waals surface area (Å²) in [6.07, 6.45) is 6.42. The van der Waals surface area contributed by atoms with Gasteiger partial charge < -0.3 is 9.64 Å². The zero-order valence-corrected chi connectivity index (χ0v) is 14.7. The van der Waals surface area contributed by atoms with Gasteiger partial charge in [0, 0.05) is 16.7 Å². The Kier molecular flexibility index (Phi) is 4.53. The number of fused-ring (bicyclic) bond motifs is 1. The summed E-state index contributed by atoms with van der Waals surface area (Å²) in [6, 6.07) is 7.61. The van der Waals surface area contributed by atoms with Crippen molar-refractivity contribution in [2.24, 2.45) is 0 Å². The second kappa shape index (κ2) is 6.96. The Labute approximate surface area is 151 Å². The Morgan fingerprint density at radius 1 is 1.28 bits per heavy atom. The second-order valence-corrected chi connectivity index (χ2v) is 6.99. The fourth-order valence-electron chi connectivity index (χ4n) is 3.58. The van der Waals surface area contributed by atoms with Crippen LogP contribution < -0.4 is 10.1 Å². The second-order valence-electron chi connectivity index (χ2n) is 6.55. The lowest BCUT2D eigenvalue weighted by Gasteiger charge is -2.22. The molecule has 0 radical (unpaired) electrons. The molecule has 4 rings (SSSR count). The first kappa shape index (κ1) is 16.3. The van der Waals surface area contributed by atoms with Crippen LogP contribution in [0.15, 0.2) is 30.5 Å². The summed E-state index contributed by atoms with van der Waals surface area (Å²) in [5, 5.41) is 8.06. The number of carbonyl (C=O) groups excluding carboxylic acids is 1. The topological polar surface area (TPSA) is 59.4 Å². The van der Waals surface area contributed by atoms with E-state index in [4.69, 9.17) is 16.3 Å². The van der Waals surface area contributed by atoms with Crippen LogP contribution in [0.1, 0.15) is 37.3 Å². The molecule has 0 saturated heterocycles. The van der Waals surface area contributed by atoms with Crippen LogP contribution in [0, 0.1) is 0 Å². The van der Waals surface area contributed by atoms with Gasteiger partial charge in [-0.2, -0.15) is 5.10 Å². The van der Waals surface area contributed by atoms with Crippen LogP contribution in [0.25, 0.3) is 0 Å². The van der Waals surface area contributed by atoms with Gasteiger partial charge in [0.15, 0.2) is 0 Å². The van der Waals surface area contributed by atoms with Crippen molar-refractivity contribution in [2.75, 3.05) is 18.5 Å². The predicted octanol–water partition coefficient (Wildman–Crippen LogP) is 4.08. The van der Waals surface area contributed by atoms with Crippen molar-refractivity contribution in [2.45, 2.75) is 38.3 Å². The first-order valence-corrected chi connectivity index (χ1v) is 9.09. The molecule has 2 amide bonds. The number of amides is 2. The van der Waals surface area contributed by atoms with Gasteiger partial charge in [-0.1, -0.05) is 24.4 Å². The van der Waals surface area contributed by atoms with Crippen LogP contribution in [-0.4, -0.2) is 33.9 Å². The number of rotatable bonds is 2. The number of anilines is 1. The van der Waals surface area contributed by atoms with Crippen molar-refractivity contribution in [1.29, 1.82) is 0 Å². The van der Waals surface area contributed by atoms with E-state index in [0.717, 1.165) is 30.0 Å². The van der Waals surface area contributed by atoms with Gasteiger partial charge in [0.2, 0.25) is 0 Å². The van der Waals surface area contributed by atoms with Crippen molar-refractivity contribution in [1.82, 2.24) is 14.7 Å². The number of hydrogen-bond acceptors (Lipinski definition) is 3. The van der Waals surface area contributed by atoms with E-state index in [1.807, 2.05) is 22.9 Å². The maximum atomic E-state index is 12.8. The molecule has 1 aliphatic carbocycles. The normalized spacial score (nSPS) is 17.7. The number of hydrogen-bond donors (Lipinski definition) is 1. The quantitative estimate of drug-likeness (QED) is 0.877. The minimum atomic E-state index is -0.142. The highest BCUT2D eigenvalue weighted by atomic mass is 35.5. The lowest BCUT2D eigenvalue weighted by atomic mass is 10.2. The molecule has 0 unspecified atom stereocenters. The number of urea groups is 1. The molecule has 6 nitrogen and oxygen atoms in total. The van der Waals surface area contributed by atoms with E-state index in [2.05, 4.69) is 10.4 Å². The van der Waals surface area contributed by atoms with Gasteiger partial charge in [-0.15, -0.1) is 0 Å². The fourth-order valence-corrected chi connectivity index (χ4v) is 3.77. The third kappa shape index (κ3) is 3.44. The molecule has 25 heavy (non-hydrogen) atoms. The lowest BCUT2D eigenvalue weighted by molar-refractivity contribution is 0.200. The standard InChI is InChI=1S/C18H21ClN4O2/c19-14-5-6-16-13(11-14)12-22(9-10-25-16)18(24)21-17-7-8-20-23(17)15-3-1-2-4-15/h5-8,11,15H,1-4,9-10,12H2,(H,21,24). The summed E-state index contributed by atoms with van der Waals surface area (Å²) < 4.78 is 7.67. The molecular formula is C18H21ClN4O2. The van der Waals surface area contributed by atoms with E-state index >= 15 is 0 Å². The highest BCUT2D eigenvalue weighted by Gasteiger charge is 2.24. The predicted molar refractivity (Wildman–Crippen MR) is 96.1 cm³/mol. The van der Waals surface area contributed by atoms with Gasteiger partial charge in [-0.05, 0) is 31.0 Å². The third-order valence-electron chi connectivity index (χ3n) is 4.87. The SMILES string of the molecule is O=C(Nc1ccnn1C1CCCC1)N1CCOc2ccc(Cl)cc2C1. The minimum absolute atomic E-state index is 0.142. The van der Waals surface area contributed by atoms with Crippen LogP contribution in [0.2, 0.25) is 5.02 Å². The van der Waals surface area contributed by atoms with Gasteiger partial charge >= 0.3 is 6.03 Å². The number of benzene rings is 1. The smallest absolute Gasteiger partial charge is 0.323 e. The molecule has 2 heterocycles. The molecule has 2 aromatic rings. The van der Waals surface area contributed by atoms with Crippen LogP contribution in [-0.2, 0) is 6.54 Å².